The molecule has 5 heteroatoms. The third-order valence-corrected chi connectivity index (χ3v) is 4.71. The smallest absolute Gasteiger partial charge is 0.319 e. The maximum atomic E-state index is 11.3. The van der Waals surface area contributed by atoms with Gasteiger partial charge in [-0.05, 0) is 12.8 Å². The van der Waals surface area contributed by atoms with Crippen molar-refractivity contribution in [2.24, 2.45) is 0 Å². The van der Waals surface area contributed by atoms with E-state index in [1.807, 2.05) is 0 Å². The van der Waals surface area contributed by atoms with E-state index >= 15 is 0 Å². The molecule has 2 aliphatic rings. The van der Waals surface area contributed by atoms with Crippen molar-refractivity contribution in [1.29, 1.82) is 0 Å². The summed E-state index contributed by atoms with van der Waals surface area (Å²) in [5.41, 5.74) is 0. The van der Waals surface area contributed by atoms with Crippen LogP contribution < -0.4 is 0 Å². The van der Waals surface area contributed by atoms with Crippen molar-refractivity contribution in [2.75, 3.05) is 19.7 Å². The van der Waals surface area contributed by atoms with E-state index in [4.69, 9.17) is 17.0 Å². The number of hydrogen-bond acceptors (Lipinski definition) is 4. The molecule has 2 rings (SSSR count). The number of nitrogens with zero attached hydrogens (tertiary/aromatic N) is 1. The number of rotatable bonds is 1. The summed E-state index contributed by atoms with van der Waals surface area (Å²) in [6.45, 7) is 2.65. The molecule has 16 heavy (non-hydrogen) atoms. The second kappa shape index (κ2) is 5.87. The second-order valence-corrected chi connectivity index (χ2v) is 6.07. The largest absolute Gasteiger partial charge is 0.465 e. The molecule has 0 N–H and O–H groups in total. The van der Waals surface area contributed by atoms with Crippen molar-refractivity contribution in [2.45, 2.75) is 37.4 Å². The average Bonchev–Trinajstić information content (AvgIpc) is 2.57. The number of thioether (sulfide) groups is 1. The first-order valence-corrected chi connectivity index (χ1v) is 7.18. The fourth-order valence-corrected chi connectivity index (χ4v) is 3.52. The van der Waals surface area contributed by atoms with Crippen LogP contribution in [0.15, 0.2) is 0 Å². The highest BCUT2D eigenvalue weighted by molar-refractivity contribution is 8.23. The molecule has 1 atom stereocenters. The number of hydrogen-bond donors (Lipinski definition) is 0. The van der Waals surface area contributed by atoms with Gasteiger partial charge in [0.15, 0.2) is 0 Å². The third-order valence-electron chi connectivity index (χ3n) is 2.99. The molecule has 0 amide bonds. The van der Waals surface area contributed by atoms with E-state index in [1.165, 1.54) is 37.4 Å². The summed E-state index contributed by atoms with van der Waals surface area (Å²) in [5, 5.41) is -0.0595. The topological polar surface area (TPSA) is 29.5 Å². The highest BCUT2D eigenvalue weighted by atomic mass is 32.2. The van der Waals surface area contributed by atoms with Crippen LogP contribution in [0.1, 0.15) is 32.1 Å². The van der Waals surface area contributed by atoms with Gasteiger partial charge in [0.2, 0.25) is 0 Å². The lowest BCUT2D eigenvalue weighted by Crippen LogP contribution is -2.30. The van der Waals surface area contributed by atoms with Crippen LogP contribution in [0.25, 0.3) is 0 Å². The Morgan fingerprint density at radius 1 is 1.31 bits per heavy atom. The fraction of sp³-hybridized carbons (Fsp3) is 0.818. The molecule has 0 spiro atoms. The summed E-state index contributed by atoms with van der Waals surface area (Å²) in [7, 11) is 0. The lowest BCUT2D eigenvalue weighted by atomic mass is 10.2. The summed E-state index contributed by atoms with van der Waals surface area (Å²) in [4.78, 5) is 13.6. The molecule has 0 aromatic rings. The average molecular weight is 259 g/mol. The highest BCUT2D eigenvalue weighted by Crippen LogP contribution is 2.26. The number of thiocarbonyl (C=S) groups is 1. The lowest BCUT2D eigenvalue weighted by Gasteiger charge is -2.23. The van der Waals surface area contributed by atoms with E-state index in [-0.39, 0.29) is 11.2 Å². The summed E-state index contributed by atoms with van der Waals surface area (Å²) in [6.07, 6.45) is 5.84. The SMILES string of the molecule is O=C1OCCC1SC(=S)N1CCCCCC1. The molecule has 1 unspecified atom stereocenters. The zero-order chi connectivity index (χ0) is 11.4. The Bertz CT molecular complexity index is 275. The van der Waals surface area contributed by atoms with Crippen LogP contribution in [-0.2, 0) is 9.53 Å². The summed E-state index contributed by atoms with van der Waals surface area (Å²) in [5.74, 6) is -0.0952. The summed E-state index contributed by atoms with van der Waals surface area (Å²) in [6, 6.07) is 0. The van der Waals surface area contributed by atoms with Gasteiger partial charge in [-0.25, -0.2) is 0 Å². The van der Waals surface area contributed by atoms with Gasteiger partial charge in [0.25, 0.3) is 0 Å². The molecule has 0 aromatic heterocycles. The molecule has 0 aliphatic carbocycles. The van der Waals surface area contributed by atoms with Crippen LogP contribution in [0.4, 0.5) is 0 Å². The number of carbonyl (C=O) groups is 1. The monoisotopic (exact) mass is 259 g/mol. The van der Waals surface area contributed by atoms with Crippen LogP contribution in [0.5, 0.6) is 0 Å². The Morgan fingerprint density at radius 3 is 2.56 bits per heavy atom. The van der Waals surface area contributed by atoms with Crippen LogP contribution in [0.3, 0.4) is 0 Å². The van der Waals surface area contributed by atoms with Crippen molar-refractivity contribution < 1.29 is 9.53 Å². The molecule has 3 nitrogen and oxygen atoms in total. The number of likely N-dealkylation sites (tertiary alicyclic amines) is 1. The van der Waals surface area contributed by atoms with Gasteiger partial charge >= 0.3 is 5.97 Å². The molecule has 0 aromatic carbocycles. The van der Waals surface area contributed by atoms with Crippen molar-refractivity contribution in [3.05, 3.63) is 0 Å². The second-order valence-electron chi connectivity index (χ2n) is 4.23. The summed E-state index contributed by atoms with van der Waals surface area (Å²) >= 11 is 6.92. The van der Waals surface area contributed by atoms with Gasteiger partial charge in [0.05, 0.1) is 6.61 Å². The fourth-order valence-electron chi connectivity index (χ4n) is 2.03. The van der Waals surface area contributed by atoms with Gasteiger partial charge in [0.1, 0.15) is 9.57 Å². The Balaban J connectivity index is 1.84. The van der Waals surface area contributed by atoms with Crippen LogP contribution in [0.2, 0.25) is 0 Å². The van der Waals surface area contributed by atoms with Crippen molar-refractivity contribution >= 4 is 34.3 Å². The Hall–Kier alpha value is -0.290. The molecular formula is C11H17NO2S2. The predicted molar refractivity (Wildman–Crippen MR) is 69.6 cm³/mol. The molecule has 2 aliphatic heterocycles. The normalized spacial score (nSPS) is 26.4. The van der Waals surface area contributed by atoms with Gasteiger partial charge in [-0.3, -0.25) is 4.79 Å². The summed E-state index contributed by atoms with van der Waals surface area (Å²) < 4.78 is 5.82. The van der Waals surface area contributed by atoms with Crippen molar-refractivity contribution in [3.8, 4) is 0 Å². The van der Waals surface area contributed by atoms with E-state index in [0.29, 0.717) is 6.61 Å². The number of cyclic esters (lactones) is 1. The maximum absolute atomic E-state index is 11.3. The first kappa shape index (κ1) is 12.2. The van der Waals surface area contributed by atoms with Crippen LogP contribution in [-0.4, -0.2) is 40.1 Å². The molecule has 0 radical (unpaired) electrons. The van der Waals surface area contributed by atoms with Gasteiger partial charge < -0.3 is 9.64 Å². The van der Waals surface area contributed by atoms with E-state index in [9.17, 15) is 4.79 Å². The minimum Gasteiger partial charge on any atom is -0.465 e. The molecule has 2 heterocycles. The minimum absolute atomic E-state index is 0.0595. The first-order valence-electron chi connectivity index (χ1n) is 5.89. The third kappa shape index (κ3) is 3.10. The van der Waals surface area contributed by atoms with Gasteiger partial charge in [-0.2, -0.15) is 0 Å². The van der Waals surface area contributed by atoms with E-state index in [0.717, 1.165) is 23.8 Å². The zero-order valence-corrected chi connectivity index (χ0v) is 10.9. The van der Waals surface area contributed by atoms with Crippen LogP contribution in [0, 0.1) is 0 Å². The van der Waals surface area contributed by atoms with Gasteiger partial charge in [-0.15, -0.1) is 0 Å². The van der Waals surface area contributed by atoms with E-state index in [1.54, 1.807) is 0 Å². The molecule has 2 fully saturated rings. The quantitative estimate of drug-likeness (QED) is 0.532. The molecule has 90 valence electrons. The molecular weight excluding hydrogens is 242 g/mol. The molecule has 0 saturated carbocycles. The zero-order valence-electron chi connectivity index (χ0n) is 9.31. The van der Waals surface area contributed by atoms with Crippen molar-refractivity contribution in [1.82, 2.24) is 4.90 Å². The highest BCUT2D eigenvalue weighted by Gasteiger charge is 2.29. The van der Waals surface area contributed by atoms with E-state index in [2.05, 4.69) is 4.90 Å². The van der Waals surface area contributed by atoms with Gasteiger partial charge in [-0.1, -0.05) is 36.8 Å². The van der Waals surface area contributed by atoms with Crippen LogP contribution >= 0.6 is 24.0 Å². The molecule has 0 bridgehead atoms. The van der Waals surface area contributed by atoms with E-state index < -0.39 is 0 Å². The lowest BCUT2D eigenvalue weighted by molar-refractivity contribution is -0.137. The standard InChI is InChI=1S/C11H17NO2S2/c13-10-9(5-8-14-10)16-11(15)12-6-3-1-2-4-7-12/h9H,1-8H2. The number of esters is 1. The Morgan fingerprint density at radius 2 is 2.00 bits per heavy atom. The molecule has 2 saturated heterocycles. The van der Waals surface area contributed by atoms with Gasteiger partial charge in [0, 0.05) is 19.5 Å². The Kier molecular flexibility index (Phi) is 4.46. The van der Waals surface area contributed by atoms with Crippen molar-refractivity contribution in [3.63, 3.8) is 0 Å². The number of carbonyl (C=O) groups excluding carboxylic acids is 1. The minimum atomic E-state index is -0.0952. The maximum Gasteiger partial charge on any atom is 0.319 e. The Labute approximate surface area is 106 Å². The predicted octanol–water partition coefficient (Wildman–Crippen LogP) is 2.20. The first-order chi connectivity index (χ1) is 7.77. The number of ether oxygens (including phenoxy) is 1.